The molecule has 0 radical (unpaired) electrons. The van der Waals surface area contributed by atoms with Crippen molar-refractivity contribution in [2.45, 2.75) is 13.8 Å². The summed E-state index contributed by atoms with van der Waals surface area (Å²) in [7, 11) is 0. The molecule has 0 amide bonds. The van der Waals surface area contributed by atoms with Crippen molar-refractivity contribution >= 4 is 0 Å². The minimum atomic E-state index is -2.03. The molecular weight excluding hydrogens is 332 g/mol. The third kappa shape index (κ3) is 12.3. The van der Waals surface area contributed by atoms with Crippen LogP contribution in [0.2, 0.25) is 0 Å². The highest BCUT2D eigenvalue weighted by atomic mass is 17.0. The van der Waals surface area contributed by atoms with Crippen LogP contribution >= 0.6 is 0 Å². The zero-order chi connectivity index (χ0) is 18.5. The van der Waals surface area contributed by atoms with Crippen molar-refractivity contribution in [3.8, 4) is 0 Å². The molecule has 16 heteroatoms. The van der Waals surface area contributed by atoms with Crippen molar-refractivity contribution in [3.63, 3.8) is 0 Å². The zero-order valence-electron chi connectivity index (χ0n) is 12.0. The van der Waals surface area contributed by atoms with Crippen LogP contribution in [0, 0.1) is 45.9 Å². The van der Waals surface area contributed by atoms with E-state index < -0.39 is 52.2 Å². The molecule has 0 aromatic carbocycles. The van der Waals surface area contributed by atoms with Gasteiger partial charge in [-0.3, -0.25) is 0 Å². The van der Waals surface area contributed by atoms with Gasteiger partial charge in [0, 0.05) is 0 Å². The van der Waals surface area contributed by atoms with Crippen LogP contribution in [0.3, 0.4) is 0 Å². The third-order valence-corrected chi connectivity index (χ3v) is 1.90. The number of hydrogen-bond acceptors (Lipinski definition) is 12. The summed E-state index contributed by atoms with van der Waals surface area (Å²) in [5.41, 5.74) is -2.03. The second kappa shape index (κ2) is 11.5. The molecule has 0 unspecified atom stereocenters. The number of hydrogen-bond donors (Lipinski definition) is 0. The second-order valence-electron chi connectivity index (χ2n) is 3.49. The maximum atomic E-state index is 10.1. The van der Waals surface area contributed by atoms with Gasteiger partial charge in [-0.25, -0.2) is 0 Å². The summed E-state index contributed by atoms with van der Waals surface area (Å²) in [6, 6.07) is 0. The van der Waals surface area contributed by atoms with Crippen molar-refractivity contribution in [3.05, 3.63) is 40.5 Å². The number of nitrogens with zero attached hydrogens (tertiary/aromatic N) is 4. The van der Waals surface area contributed by atoms with E-state index in [0.717, 1.165) is 0 Å². The molecule has 0 aromatic heterocycles. The fourth-order valence-corrected chi connectivity index (χ4v) is 1.01. The maximum absolute atomic E-state index is 10.1. The van der Waals surface area contributed by atoms with Crippen LogP contribution in [0.15, 0.2) is 0 Å². The van der Waals surface area contributed by atoms with Crippen molar-refractivity contribution in [1.29, 1.82) is 0 Å². The van der Waals surface area contributed by atoms with Gasteiger partial charge in [0.2, 0.25) is 0 Å². The van der Waals surface area contributed by atoms with Crippen LogP contribution in [0.4, 0.5) is 0 Å². The van der Waals surface area contributed by atoms with E-state index in [0.29, 0.717) is 0 Å². The Labute approximate surface area is 127 Å². The van der Waals surface area contributed by atoms with Crippen molar-refractivity contribution in [1.82, 2.24) is 0 Å². The molecule has 0 heterocycles. The zero-order valence-corrected chi connectivity index (χ0v) is 12.0. The van der Waals surface area contributed by atoms with E-state index >= 15 is 0 Å². The molecule has 0 N–H and O–H groups in total. The fourth-order valence-electron chi connectivity index (χ4n) is 1.01. The van der Waals surface area contributed by atoms with Crippen LogP contribution in [0.5, 0.6) is 0 Å². The van der Waals surface area contributed by atoms with E-state index in [1.165, 1.54) is 0 Å². The van der Waals surface area contributed by atoms with Crippen LogP contribution in [-0.2, 0) is 19.4 Å². The van der Waals surface area contributed by atoms with Crippen molar-refractivity contribution in [2.75, 3.05) is 26.4 Å². The normalized spacial score (nSPS) is 9.65. The summed E-state index contributed by atoms with van der Waals surface area (Å²) in [6.45, 7) is -0.129. The van der Waals surface area contributed by atoms with Gasteiger partial charge in [-0.05, 0) is 0 Å². The predicted octanol–water partition coefficient (Wildman–Crippen LogP) is -0.168. The fraction of sp³-hybridized carbons (Fsp3) is 1.00. The average Bonchev–Trinajstić information content (AvgIpc) is 2.47. The Balaban J connectivity index is 0. The lowest BCUT2D eigenvalue weighted by molar-refractivity contribution is -0.792. The summed E-state index contributed by atoms with van der Waals surface area (Å²) in [6.07, 6.45) is 0. The van der Waals surface area contributed by atoms with E-state index in [-0.39, 0.29) is 0 Å². The predicted molar refractivity (Wildman–Crippen MR) is 65.6 cm³/mol. The Morgan fingerprint density at radius 1 is 0.609 bits per heavy atom. The summed E-state index contributed by atoms with van der Waals surface area (Å²) in [4.78, 5) is 56.2. The highest BCUT2D eigenvalue weighted by Gasteiger charge is 2.37. The van der Waals surface area contributed by atoms with Crippen molar-refractivity contribution < 1.29 is 39.7 Å². The summed E-state index contributed by atoms with van der Waals surface area (Å²) in [5.74, 6) is 0. The molecule has 0 fully saturated rings. The van der Waals surface area contributed by atoms with Gasteiger partial charge >= 0.3 is 0 Å². The first-order chi connectivity index (χ1) is 10.7. The van der Waals surface area contributed by atoms with Crippen LogP contribution < -0.4 is 0 Å². The SMILES string of the molecule is CC.O=[N+]([O-])OCC(CO[N+](=O)[O-])(CO[N+](=O)[O-])CO[N+](=O)[O-]. The lowest BCUT2D eigenvalue weighted by atomic mass is 9.92. The Kier molecular flexibility index (Phi) is 11.0. The molecule has 0 saturated heterocycles. The molecule has 0 saturated carbocycles. The smallest absolute Gasteiger partial charge is 0.294 e. The molecule has 0 aliphatic carbocycles. The van der Waals surface area contributed by atoms with E-state index in [1.54, 1.807) is 0 Å². The maximum Gasteiger partial charge on any atom is 0.294 e. The summed E-state index contributed by atoms with van der Waals surface area (Å²) >= 11 is 0. The van der Waals surface area contributed by atoms with Crippen LogP contribution in [0.1, 0.15) is 13.8 Å². The van der Waals surface area contributed by atoms with Gasteiger partial charge in [0.25, 0.3) is 20.3 Å². The molecular formula is C7H14N4O12. The average molecular weight is 346 g/mol. The first-order valence-electron chi connectivity index (χ1n) is 5.76. The molecule has 16 nitrogen and oxygen atoms in total. The van der Waals surface area contributed by atoms with Gasteiger partial charge in [-0.1, -0.05) is 13.8 Å². The molecule has 0 aliphatic rings. The van der Waals surface area contributed by atoms with E-state index in [4.69, 9.17) is 0 Å². The first-order valence-corrected chi connectivity index (χ1v) is 5.76. The van der Waals surface area contributed by atoms with Crippen LogP contribution in [-0.4, -0.2) is 46.8 Å². The molecule has 0 aliphatic heterocycles. The van der Waals surface area contributed by atoms with Gasteiger partial charge in [0.1, 0.15) is 26.4 Å². The first kappa shape index (κ1) is 22.1. The van der Waals surface area contributed by atoms with Gasteiger partial charge in [-0.15, -0.1) is 40.5 Å². The quantitative estimate of drug-likeness (QED) is 0.333. The molecule has 0 spiro atoms. The molecule has 0 bridgehead atoms. The second-order valence-corrected chi connectivity index (χ2v) is 3.49. The van der Waals surface area contributed by atoms with Gasteiger partial charge in [0.15, 0.2) is 0 Å². The molecule has 23 heavy (non-hydrogen) atoms. The molecule has 134 valence electrons. The Hall–Kier alpha value is -3.20. The van der Waals surface area contributed by atoms with Crippen LogP contribution in [0.25, 0.3) is 0 Å². The lowest BCUT2D eigenvalue weighted by Gasteiger charge is -2.28. The van der Waals surface area contributed by atoms with E-state index in [1.807, 2.05) is 13.8 Å². The van der Waals surface area contributed by atoms with Gasteiger partial charge in [-0.2, -0.15) is 0 Å². The van der Waals surface area contributed by atoms with Crippen molar-refractivity contribution in [2.24, 2.45) is 5.41 Å². The highest BCUT2D eigenvalue weighted by Crippen LogP contribution is 2.21. The Bertz CT molecular complexity index is 337. The van der Waals surface area contributed by atoms with Gasteiger partial charge in [0.05, 0.1) is 5.41 Å². The topological polar surface area (TPSA) is 209 Å². The minimum absolute atomic E-state index is 1.03. The lowest BCUT2D eigenvalue weighted by Crippen LogP contribution is -2.43. The Morgan fingerprint density at radius 3 is 0.913 bits per heavy atom. The van der Waals surface area contributed by atoms with E-state index in [9.17, 15) is 40.5 Å². The molecule has 0 aromatic rings. The van der Waals surface area contributed by atoms with Gasteiger partial charge < -0.3 is 19.4 Å². The highest BCUT2D eigenvalue weighted by molar-refractivity contribution is 4.77. The third-order valence-electron chi connectivity index (χ3n) is 1.90. The summed E-state index contributed by atoms with van der Waals surface area (Å²) < 4.78 is 0. The van der Waals surface area contributed by atoms with E-state index in [2.05, 4.69) is 19.4 Å². The summed E-state index contributed by atoms with van der Waals surface area (Å²) in [5, 5.41) is 35.3. The Morgan fingerprint density at radius 2 is 0.783 bits per heavy atom. The standard InChI is InChI=1S/C5H8N4O12.C2H6/c10-6(11)18-1-5(2-19-7(12)13,3-20-8(14)15)4-21-9(16)17;1-2/h1-4H2;1-2H3. The largest absolute Gasteiger partial charge is 0.313 e. The molecule has 0 atom stereocenters. The number of rotatable bonds is 12. The minimum Gasteiger partial charge on any atom is -0.313 e. The monoisotopic (exact) mass is 346 g/mol. The molecule has 0 rings (SSSR count).